The minimum absolute atomic E-state index is 0.305. The van der Waals surface area contributed by atoms with Crippen molar-refractivity contribution in [1.29, 1.82) is 0 Å². The number of aryl methyl sites for hydroxylation is 1. The average Bonchev–Trinajstić information content (AvgIpc) is 2.83. The Kier molecular flexibility index (Phi) is 4.39. The Labute approximate surface area is 120 Å². The van der Waals surface area contributed by atoms with Crippen LogP contribution in [0.25, 0.3) is 0 Å². The van der Waals surface area contributed by atoms with Gasteiger partial charge in [-0.1, -0.05) is 23.7 Å². The lowest BCUT2D eigenvalue weighted by molar-refractivity contribution is 0.0520. The fourth-order valence-corrected chi connectivity index (χ4v) is 2.48. The summed E-state index contributed by atoms with van der Waals surface area (Å²) in [6, 6.07) is 5.64. The number of nitrogens with zero attached hydrogens (tertiary/aromatic N) is 1. The number of aromatic nitrogens is 1. The third kappa shape index (κ3) is 3.24. The fourth-order valence-electron chi connectivity index (χ4n) is 1.53. The van der Waals surface area contributed by atoms with Crippen molar-refractivity contribution in [3.63, 3.8) is 0 Å². The molecule has 1 N–H and O–H groups in total. The molecule has 2 rings (SSSR count). The van der Waals surface area contributed by atoms with E-state index in [2.05, 4.69) is 10.3 Å². The van der Waals surface area contributed by atoms with Gasteiger partial charge in [-0.25, -0.2) is 9.78 Å². The number of carbonyl (C=O) groups is 1. The second kappa shape index (κ2) is 6.04. The molecule has 19 heavy (non-hydrogen) atoms. The van der Waals surface area contributed by atoms with Crippen LogP contribution in [-0.2, 0) is 4.74 Å². The van der Waals surface area contributed by atoms with E-state index in [1.807, 2.05) is 19.1 Å². The zero-order valence-corrected chi connectivity index (χ0v) is 12.1. The van der Waals surface area contributed by atoms with Crippen LogP contribution in [0, 0.1) is 6.92 Å². The van der Waals surface area contributed by atoms with Crippen LogP contribution in [0.5, 0.6) is 0 Å². The van der Waals surface area contributed by atoms with E-state index in [0.717, 1.165) is 11.3 Å². The lowest BCUT2D eigenvalue weighted by atomic mass is 10.2. The summed E-state index contributed by atoms with van der Waals surface area (Å²) in [7, 11) is 0. The van der Waals surface area contributed by atoms with Crippen LogP contribution in [0.3, 0.4) is 0 Å². The van der Waals surface area contributed by atoms with Gasteiger partial charge in [0.15, 0.2) is 10.8 Å². The van der Waals surface area contributed by atoms with Gasteiger partial charge in [0.25, 0.3) is 0 Å². The molecule has 2 aromatic rings. The molecule has 1 heterocycles. The molecule has 0 aliphatic rings. The number of hydrogen-bond acceptors (Lipinski definition) is 5. The molecule has 1 aromatic heterocycles. The highest BCUT2D eigenvalue weighted by Crippen LogP contribution is 2.30. The minimum atomic E-state index is -0.414. The number of carbonyl (C=O) groups excluding carboxylic acids is 1. The monoisotopic (exact) mass is 296 g/mol. The second-order valence-corrected chi connectivity index (χ2v) is 5.08. The molecule has 0 radical (unpaired) electrons. The van der Waals surface area contributed by atoms with Crippen LogP contribution >= 0.6 is 22.9 Å². The number of thiazole rings is 1. The van der Waals surface area contributed by atoms with Crippen molar-refractivity contribution in [1.82, 2.24) is 4.98 Å². The summed E-state index contributed by atoms with van der Waals surface area (Å²) < 4.78 is 4.89. The average molecular weight is 297 g/mol. The summed E-state index contributed by atoms with van der Waals surface area (Å²) in [5.74, 6) is -0.414. The maximum atomic E-state index is 11.5. The van der Waals surface area contributed by atoms with Crippen LogP contribution in [0.1, 0.15) is 23.0 Å². The van der Waals surface area contributed by atoms with Crippen molar-refractivity contribution in [2.45, 2.75) is 13.8 Å². The summed E-state index contributed by atoms with van der Waals surface area (Å²) in [6.45, 7) is 4.05. The van der Waals surface area contributed by atoms with Crippen molar-refractivity contribution in [3.8, 4) is 0 Å². The van der Waals surface area contributed by atoms with Crippen LogP contribution in [0.15, 0.2) is 23.6 Å². The Hall–Kier alpha value is -1.59. The lowest BCUT2D eigenvalue weighted by Crippen LogP contribution is -2.05. The van der Waals surface area contributed by atoms with E-state index in [4.69, 9.17) is 16.3 Å². The lowest BCUT2D eigenvalue weighted by Gasteiger charge is -2.08. The molecule has 0 unspecified atom stereocenters. The maximum Gasteiger partial charge on any atom is 0.357 e. The zero-order valence-electron chi connectivity index (χ0n) is 10.6. The van der Waals surface area contributed by atoms with Gasteiger partial charge in [0.05, 0.1) is 17.3 Å². The predicted octanol–water partition coefficient (Wildman–Crippen LogP) is 4.03. The van der Waals surface area contributed by atoms with Gasteiger partial charge in [-0.2, -0.15) is 0 Å². The Morgan fingerprint density at radius 1 is 1.53 bits per heavy atom. The number of ether oxygens (including phenoxy) is 1. The van der Waals surface area contributed by atoms with Crippen molar-refractivity contribution >= 4 is 39.7 Å². The topological polar surface area (TPSA) is 51.2 Å². The first-order valence-electron chi connectivity index (χ1n) is 5.76. The summed E-state index contributed by atoms with van der Waals surface area (Å²) in [5.41, 5.74) is 2.12. The second-order valence-electron chi connectivity index (χ2n) is 3.82. The van der Waals surface area contributed by atoms with Gasteiger partial charge in [0, 0.05) is 5.38 Å². The SMILES string of the molecule is CCOC(=O)c1csc(Nc2c(C)cccc2Cl)n1. The molecule has 4 nitrogen and oxygen atoms in total. The standard InChI is InChI=1S/C13H13ClN2O2S/c1-3-18-12(17)10-7-19-13(15-10)16-11-8(2)5-4-6-9(11)14/h4-7H,3H2,1-2H3,(H,15,16). The van der Waals surface area contributed by atoms with E-state index in [1.54, 1.807) is 18.4 Å². The van der Waals surface area contributed by atoms with Gasteiger partial charge in [-0.3, -0.25) is 0 Å². The molecule has 0 aliphatic carbocycles. The van der Waals surface area contributed by atoms with Gasteiger partial charge in [-0.05, 0) is 25.5 Å². The number of anilines is 2. The number of rotatable bonds is 4. The number of benzene rings is 1. The number of nitrogens with one attached hydrogen (secondary N) is 1. The molecule has 0 aliphatic heterocycles. The van der Waals surface area contributed by atoms with E-state index < -0.39 is 5.97 Å². The minimum Gasteiger partial charge on any atom is -0.461 e. The van der Waals surface area contributed by atoms with Crippen LogP contribution in [0.2, 0.25) is 5.02 Å². The Morgan fingerprint density at radius 2 is 2.32 bits per heavy atom. The summed E-state index contributed by atoms with van der Waals surface area (Å²) >= 11 is 7.46. The van der Waals surface area contributed by atoms with Crippen LogP contribution in [-0.4, -0.2) is 17.6 Å². The first-order chi connectivity index (χ1) is 9.11. The van der Waals surface area contributed by atoms with Gasteiger partial charge in [-0.15, -0.1) is 11.3 Å². The largest absolute Gasteiger partial charge is 0.461 e. The molecule has 0 fully saturated rings. The quantitative estimate of drug-likeness (QED) is 0.866. The van der Waals surface area contributed by atoms with Crippen LogP contribution in [0.4, 0.5) is 10.8 Å². The number of halogens is 1. The normalized spacial score (nSPS) is 10.3. The van der Waals surface area contributed by atoms with Crippen molar-refractivity contribution in [2.24, 2.45) is 0 Å². The Bertz CT molecular complexity index is 578. The Balaban J connectivity index is 2.18. The van der Waals surface area contributed by atoms with Crippen molar-refractivity contribution in [2.75, 3.05) is 11.9 Å². The molecule has 0 bridgehead atoms. The van der Waals surface area contributed by atoms with Crippen molar-refractivity contribution < 1.29 is 9.53 Å². The van der Waals surface area contributed by atoms with Gasteiger partial charge < -0.3 is 10.1 Å². The summed E-state index contributed by atoms with van der Waals surface area (Å²) in [6.07, 6.45) is 0. The molecule has 0 spiro atoms. The predicted molar refractivity (Wildman–Crippen MR) is 77.5 cm³/mol. The molecule has 6 heteroatoms. The number of hydrogen-bond donors (Lipinski definition) is 1. The molecule has 0 amide bonds. The molecule has 100 valence electrons. The summed E-state index contributed by atoms with van der Waals surface area (Å²) in [5, 5.41) is 6.01. The molecular formula is C13H13ClN2O2S. The molecule has 1 aromatic carbocycles. The molecule has 0 atom stereocenters. The van der Waals surface area contributed by atoms with E-state index in [9.17, 15) is 4.79 Å². The maximum absolute atomic E-state index is 11.5. The number of esters is 1. The van der Waals surface area contributed by atoms with E-state index in [-0.39, 0.29) is 0 Å². The smallest absolute Gasteiger partial charge is 0.357 e. The molecular weight excluding hydrogens is 284 g/mol. The van der Waals surface area contributed by atoms with Crippen LogP contribution < -0.4 is 5.32 Å². The number of para-hydroxylation sites is 1. The third-order valence-corrected chi connectivity index (χ3v) is 3.52. The first-order valence-corrected chi connectivity index (χ1v) is 7.02. The van der Waals surface area contributed by atoms with E-state index in [1.165, 1.54) is 11.3 Å². The van der Waals surface area contributed by atoms with Gasteiger partial charge in [0.1, 0.15) is 0 Å². The summed E-state index contributed by atoms with van der Waals surface area (Å²) in [4.78, 5) is 15.7. The van der Waals surface area contributed by atoms with E-state index in [0.29, 0.717) is 22.5 Å². The Morgan fingerprint density at radius 3 is 3.00 bits per heavy atom. The van der Waals surface area contributed by atoms with E-state index >= 15 is 0 Å². The highest BCUT2D eigenvalue weighted by Gasteiger charge is 2.12. The highest BCUT2D eigenvalue weighted by atomic mass is 35.5. The first kappa shape index (κ1) is 13.8. The van der Waals surface area contributed by atoms with Gasteiger partial charge >= 0.3 is 5.97 Å². The van der Waals surface area contributed by atoms with Crippen molar-refractivity contribution in [3.05, 3.63) is 39.9 Å². The molecule has 0 saturated heterocycles. The highest BCUT2D eigenvalue weighted by molar-refractivity contribution is 7.14. The fraction of sp³-hybridized carbons (Fsp3) is 0.231. The van der Waals surface area contributed by atoms with Gasteiger partial charge in [0.2, 0.25) is 0 Å². The third-order valence-electron chi connectivity index (χ3n) is 2.44. The molecule has 0 saturated carbocycles. The zero-order chi connectivity index (χ0) is 13.8.